The van der Waals surface area contributed by atoms with Gasteiger partial charge >= 0.3 is 0 Å². The highest BCUT2D eigenvalue weighted by molar-refractivity contribution is 5.47. The molecule has 0 saturated carbocycles. The summed E-state index contributed by atoms with van der Waals surface area (Å²) in [6.45, 7) is 0. The highest BCUT2D eigenvalue weighted by Crippen LogP contribution is 2.19. The highest BCUT2D eigenvalue weighted by atomic mass is 16.3. The predicted molar refractivity (Wildman–Crippen MR) is 35.1 cm³/mol. The Balaban J connectivity index is 3.52. The number of rotatable bonds is 0. The van der Waals surface area contributed by atoms with Crippen LogP contribution < -0.4 is 5.56 Å². The van der Waals surface area contributed by atoms with E-state index < -0.39 is 17.2 Å². The number of pyridine rings is 1. The third kappa shape index (κ3) is 1.14. The van der Waals surface area contributed by atoms with Gasteiger partial charge in [-0.1, -0.05) is 0 Å². The molecule has 1 aromatic heterocycles. The predicted octanol–water partition coefficient (Wildman–Crippen LogP) is -0.342. The standard InChI is InChI=1S/C6H4N2O3/c7-2-3-4(9)1-5(10)8-6(3)11/h1H,(H3,8,9,10,11). The molecule has 3 N–H and O–H groups in total. The first-order chi connectivity index (χ1) is 5.15. The number of hydrogen-bond donors (Lipinski definition) is 3. The second-order valence-electron chi connectivity index (χ2n) is 1.85. The minimum atomic E-state index is -0.654. The lowest BCUT2D eigenvalue weighted by atomic mass is 10.3. The van der Waals surface area contributed by atoms with E-state index in [1.165, 1.54) is 6.07 Å². The van der Waals surface area contributed by atoms with E-state index in [9.17, 15) is 4.79 Å². The highest BCUT2D eigenvalue weighted by Gasteiger charge is 2.06. The van der Waals surface area contributed by atoms with Crippen LogP contribution in [0.1, 0.15) is 5.56 Å². The molecule has 0 atom stereocenters. The summed E-state index contributed by atoms with van der Waals surface area (Å²) < 4.78 is 0. The molecule has 0 bridgehead atoms. The zero-order valence-corrected chi connectivity index (χ0v) is 5.33. The van der Waals surface area contributed by atoms with E-state index >= 15 is 0 Å². The van der Waals surface area contributed by atoms with Gasteiger partial charge in [-0.2, -0.15) is 5.26 Å². The minimum absolute atomic E-state index is 0.329. The Labute approximate surface area is 61.2 Å². The number of nitriles is 1. The first kappa shape index (κ1) is 7.15. The number of nitrogens with zero attached hydrogens (tertiary/aromatic N) is 1. The fourth-order valence-corrected chi connectivity index (χ4v) is 0.643. The molecular formula is C6H4N2O3. The van der Waals surface area contributed by atoms with Crippen LogP contribution in [0.4, 0.5) is 0 Å². The van der Waals surface area contributed by atoms with E-state index in [4.69, 9.17) is 15.5 Å². The molecule has 5 heteroatoms. The van der Waals surface area contributed by atoms with Gasteiger partial charge < -0.3 is 10.2 Å². The van der Waals surface area contributed by atoms with Crippen LogP contribution in [0.5, 0.6) is 11.6 Å². The maximum absolute atomic E-state index is 10.5. The molecule has 0 unspecified atom stereocenters. The third-order valence-corrected chi connectivity index (χ3v) is 1.11. The Hall–Kier alpha value is -1.96. The van der Waals surface area contributed by atoms with E-state index in [2.05, 4.69) is 0 Å². The van der Waals surface area contributed by atoms with Gasteiger partial charge in [0.05, 0.1) is 0 Å². The van der Waals surface area contributed by atoms with Gasteiger partial charge in [0.25, 0.3) is 5.56 Å². The molecule has 0 saturated heterocycles. The number of aromatic amines is 1. The lowest BCUT2D eigenvalue weighted by Gasteiger charge is -1.95. The van der Waals surface area contributed by atoms with Gasteiger partial charge in [-0.15, -0.1) is 0 Å². The van der Waals surface area contributed by atoms with E-state index in [1.54, 1.807) is 0 Å². The number of nitrogens with one attached hydrogen (secondary N) is 1. The topological polar surface area (TPSA) is 97.1 Å². The van der Waals surface area contributed by atoms with Crippen LogP contribution in [0, 0.1) is 11.3 Å². The quantitative estimate of drug-likeness (QED) is 0.473. The second-order valence-corrected chi connectivity index (χ2v) is 1.85. The Morgan fingerprint density at radius 2 is 2.18 bits per heavy atom. The van der Waals surface area contributed by atoms with Crippen molar-refractivity contribution in [3.05, 3.63) is 22.0 Å². The fourth-order valence-electron chi connectivity index (χ4n) is 0.643. The smallest absolute Gasteiger partial charge is 0.254 e. The van der Waals surface area contributed by atoms with Gasteiger partial charge in [-0.05, 0) is 0 Å². The Bertz CT molecular complexity index is 348. The van der Waals surface area contributed by atoms with Crippen molar-refractivity contribution in [1.29, 1.82) is 5.26 Å². The molecule has 11 heavy (non-hydrogen) atoms. The van der Waals surface area contributed by atoms with E-state index in [0.29, 0.717) is 0 Å². The molecule has 0 radical (unpaired) electrons. The molecular weight excluding hydrogens is 148 g/mol. The second kappa shape index (κ2) is 2.34. The van der Waals surface area contributed by atoms with Crippen molar-refractivity contribution < 1.29 is 10.2 Å². The lowest BCUT2D eigenvalue weighted by molar-refractivity contribution is 0.430. The average Bonchev–Trinajstić information content (AvgIpc) is 1.85. The Morgan fingerprint density at radius 3 is 2.64 bits per heavy atom. The maximum Gasteiger partial charge on any atom is 0.254 e. The molecule has 1 aromatic rings. The zero-order valence-electron chi connectivity index (χ0n) is 5.33. The summed E-state index contributed by atoms with van der Waals surface area (Å²) in [7, 11) is 0. The van der Waals surface area contributed by atoms with Gasteiger partial charge in [0.1, 0.15) is 11.8 Å². The summed E-state index contributed by atoms with van der Waals surface area (Å²) in [6.07, 6.45) is 0. The molecule has 5 nitrogen and oxygen atoms in total. The molecule has 0 aliphatic carbocycles. The summed E-state index contributed by atoms with van der Waals surface area (Å²) in [5, 5.41) is 26.0. The van der Waals surface area contributed by atoms with Crippen LogP contribution in [0.25, 0.3) is 0 Å². The van der Waals surface area contributed by atoms with Crippen molar-refractivity contribution in [2.45, 2.75) is 0 Å². The van der Waals surface area contributed by atoms with Gasteiger partial charge in [-0.25, -0.2) is 0 Å². The molecule has 0 spiro atoms. The third-order valence-electron chi connectivity index (χ3n) is 1.11. The fraction of sp³-hybridized carbons (Fsp3) is 0. The summed E-state index contributed by atoms with van der Waals surface area (Å²) in [6, 6.07) is 2.34. The number of H-pyrrole nitrogens is 1. The van der Waals surface area contributed by atoms with Gasteiger partial charge in [0, 0.05) is 6.07 Å². The van der Waals surface area contributed by atoms with Crippen molar-refractivity contribution in [3.8, 4) is 17.7 Å². The zero-order chi connectivity index (χ0) is 8.43. The molecule has 0 fully saturated rings. The lowest BCUT2D eigenvalue weighted by Crippen LogP contribution is -2.03. The molecule has 0 aromatic carbocycles. The van der Waals surface area contributed by atoms with Crippen LogP contribution in [-0.2, 0) is 0 Å². The Morgan fingerprint density at radius 1 is 1.55 bits per heavy atom. The molecule has 1 rings (SSSR count). The van der Waals surface area contributed by atoms with Crippen LogP contribution in [-0.4, -0.2) is 15.2 Å². The summed E-state index contributed by atoms with van der Waals surface area (Å²) in [4.78, 5) is 12.4. The van der Waals surface area contributed by atoms with Crippen molar-refractivity contribution >= 4 is 0 Å². The number of aromatic nitrogens is 1. The monoisotopic (exact) mass is 152 g/mol. The van der Waals surface area contributed by atoms with Gasteiger partial charge in [0.15, 0.2) is 5.56 Å². The normalized spacial score (nSPS) is 9.00. The summed E-state index contributed by atoms with van der Waals surface area (Å²) >= 11 is 0. The summed E-state index contributed by atoms with van der Waals surface area (Å²) in [5.41, 5.74) is -0.983. The number of aromatic hydroxyl groups is 2. The molecule has 0 aliphatic rings. The Kier molecular flexibility index (Phi) is 1.52. The summed E-state index contributed by atoms with van der Waals surface area (Å²) in [5.74, 6) is -1.13. The van der Waals surface area contributed by atoms with Gasteiger partial charge in [0.2, 0.25) is 5.88 Å². The van der Waals surface area contributed by atoms with E-state index in [-0.39, 0.29) is 5.56 Å². The molecule has 56 valence electrons. The van der Waals surface area contributed by atoms with Crippen LogP contribution >= 0.6 is 0 Å². The number of hydrogen-bond acceptors (Lipinski definition) is 4. The molecule has 0 amide bonds. The van der Waals surface area contributed by atoms with Crippen molar-refractivity contribution in [2.24, 2.45) is 0 Å². The van der Waals surface area contributed by atoms with Crippen LogP contribution in [0.15, 0.2) is 10.9 Å². The first-order valence-electron chi connectivity index (χ1n) is 2.70. The van der Waals surface area contributed by atoms with Crippen molar-refractivity contribution in [3.63, 3.8) is 0 Å². The SMILES string of the molecule is N#Cc1c(O)cc(=O)[nH]c1O. The average molecular weight is 152 g/mol. The maximum atomic E-state index is 10.5. The molecule has 1 heterocycles. The van der Waals surface area contributed by atoms with E-state index in [1.807, 2.05) is 4.98 Å². The first-order valence-corrected chi connectivity index (χ1v) is 2.70. The van der Waals surface area contributed by atoms with Crippen molar-refractivity contribution in [2.75, 3.05) is 0 Å². The minimum Gasteiger partial charge on any atom is -0.506 e. The van der Waals surface area contributed by atoms with Gasteiger partial charge in [-0.3, -0.25) is 9.78 Å². The van der Waals surface area contributed by atoms with Crippen LogP contribution in [0.3, 0.4) is 0 Å². The van der Waals surface area contributed by atoms with Crippen molar-refractivity contribution in [1.82, 2.24) is 4.98 Å². The molecule has 0 aliphatic heterocycles. The van der Waals surface area contributed by atoms with E-state index in [0.717, 1.165) is 6.07 Å². The van der Waals surface area contributed by atoms with Crippen LogP contribution in [0.2, 0.25) is 0 Å². The largest absolute Gasteiger partial charge is 0.506 e.